The summed E-state index contributed by atoms with van der Waals surface area (Å²) in [6.07, 6.45) is 6.63. The number of rotatable bonds is 3. The molecule has 1 amide bonds. The van der Waals surface area contributed by atoms with E-state index in [0.29, 0.717) is 17.3 Å². The van der Waals surface area contributed by atoms with Crippen LogP contribution in [-0.4, -0.2) is 40.3 Å². The van der Waals surface area contributed by atoms with E-state index in [1.54, 1.807) is 53.7 Å². The predicted molar refractivity (Wildman–Crippen MR) is 84.8 cm³/mol. The molecule has 0 aliphatic heterocycles. The summed E-state index contributed by atoms with van der Waals surface area (Å²) in [5.74, 6) is 0.473. The van der Waals surface area contributed by atoms with E-state index in [4.69, 9.17) is 0 Å². The minimum absolute atomic E-state index is 0.0343. The zero-order valence-electron chi connectivity index (χ0n) is 12.7. The number of nitrogens with one attached hydrogen (secondary N) is 1. The van der Waals surface area contributed by atoms with Crippen molar-refractivity contribution in [2.75, 3.05) is 5.32 Å². The number of aromatic nitrogens is 7. The summed E-state index contributed by atoms with van der Waals surface area (Å²) in [5, 5.41) is 11.1. The predicted octanol–water partition coefficient (Wildman–Crippen LogP) is 1.27. The van der Waals surface area contributed by atoms with Gasteiger partial charge in [0.05, 0.1) is 5.69 Å². The molecule has 4 aromatic rings. The number of carbonyl (C=O) groups excluding carboxylic acids is 1. The first-order valence-electron chi connectivity index (χ1n) is 7.17. The van der Waals surface area contributed by atoms with Crippen molar-refractivity contribution in [3.05, 3.63) is 60.6 Å². The number of carbonyl (C=O) groups is 1. The second-order valence-corrected chi connectivity index (χ2v) is 5.01. The minimum Gasteiger partial charge on any atom is -0.316 e. The summed E-state index contributed by atoms with van der Waals surface area (Å²) < 4.78 is 3.09. The maximum absolute atomic E-state index is 12.5. The Hall–Kier alpha value is -3.62. The lowest BCUT2D eigenvalue weighted by Gasteiger charge is -2.08. The number of fused-ring (bicyclic) bond motifs is 1. The summed E-state index contributed by atoms with van der Waals surface area (Å²) in [4.78, 5) is 25.0. The van der Waals surface area contributed by atoms with Crippen LogP contribution in [-0.2, 0) is 0 Å². The van der Waals surface area contributed by atoms with Crippen LogP contribution in [0.3, 0.4) is 0 Å². The van der Waals surface area contributed by atoms with E-state index in [1.165, 1.54) is 4.52 Å². The third kappa shape index (κ3) is 2.37. The topological polar surface area (TPSA) is 103 Å². The second kappa shape index (κ2) is 5.54. The summed E-state index contributed by atoms with van der Waals surface area (Å²) in [7, 11) is 0. The van der Waals surface area contributed by atoms with Gasteiger partial charge >= 0.3 is 0 Å². The van der Waals surface area contributed by atoms with Crippen LogP contribution >= 0.6 is 0 Å². The molecule has 0 aromatic carbocycles. The molecule has 118 valence electrons. The Morgan fingerprint density at radius 1 is 1.12 bits per heavy atom. The Kier molecular flexibility index (Phi) is 3.23. The lowest BCUT2D eigenvalue weighted by Crippen LogP contribution is -2.16. The number of hydrogen-bond donors (Lipinski definition) is 1. The van der Waals surface area contributed by atoms with Crippen molar-refractivity contribution in [1.29, 1.82) is 0 Å². The molecule has 0 saturated heterocycles. The van der Waals surface area contributed by atoms with E-state index < -0.39 is 5.91 Å². The third-order valence-corrected chi connectivity index (χ3v) is 3.39. The molecule has 4 heterocycles. The average molecular weight is 320 g/mol. The van der Waals surface area contributed by atoms with Crippen molar-refractivity contribution in [2.24, 2.45) is 0 Å². The van der Waals surface area contributed by atoms with Crippen molar-refractivity contribution in [3.8, 4) is 5.82 Å². The molecule has 0 spiro atoms. The van der Waals surface area contributed by atoms with Gasteiger partial charge in [0.15, 0.2) is 5.82 Å². The highest BCUT2D eigenvalue weighted by Crippen LogP contribution is 2.16. The summed E-state index contributed by atoms with van der Waals surface area (Å²) in [6, 6.07) is 7.03. The zero-order chi connectivity index (χ0) is 16.5. The number of amides is 1. The normalized spacial score (nSPS) is 10.9. The van der Waals surface area contributed by atoms with Crippen molar-refractivity contribution in [2.45, 2.75) is 6.92 Å². The van der Waals surface area contributed by atoms with Gasteiger partial charge in [0, 0.05) is 30.5 Å². The van der Waals surface area contributed by atoms with Crippen LogP contribution in [0.1, 0.15) is 16.3 Å². The summed E-state index contributed by atoms with van der Waals surface area (Å²) in [6.45, 7) is 1.86. The number of pyridine rings is 1. The van der Waals surface area contributed by atoms with Gasteiger partial charge in [-0.1, -0.05) is 0 Å². The van der Waals surface area contributed by atoms with Gasteiger partial charge in [0.25, 0.3) is 11.7 Å². The van der Waals surface area contributed by atoms with Gasteiger partial charge in [-0.05, 0) is 31.2 Å². The summed E-state index contributed by atoms with van der Waals surface area (Å²) in [5.41, 5.74) is 1.35. The molecule has 0 saturated carbocycles. The van der Waals surface area contributed by atoms with E-state index in [2.05, 4.69) is 30.5 Å². The van der Waals surface area contributed by atoms with Crippen LogP contribution in [0.5, 0.6) is 0 Å². The molecule has 1 N–H and O–H groups in total. The van der Waals surface area contributed by atoms with Gasteiger partial charge in [0.1, 0.15) is 0 Å². The Morgan fingerprint density at radius 2 is 2.04 bits per heavy atom. The quantitative estimate of drug-likeness (QED) is 0.609. The summed E-state index contributed by atoms with van der Waals surface area (Å²) >= 11 is 0. The highest BCUT2D eigenvalue weighted by Gasteiger charge is 2.17. The first-order chi connectivity index (χ1) is 11.7. The molecule has 0 radical (unpaired) electrons. The first-order valence-corrected chi connectivity index (χ1v) is 7.17. The highest BCUT2D eigenvalue weighted by atomic mass is 16.2. The Morgan fingerprint density at radius 3 is 2.83 bits per heavy atom. The van der Waals surface area contributed by atoms with E-state index in [9.17, 15) is 4.79 Å². The smallest absolute Gasteiger partial charge is 0.295 e. The molecular formula is C15H12N8O. The number of anilines is 1. The van der Waals surface area contributed by atoms with Crippen molar-refractivity contribution in [1.82, 2.24) is 34.3 Å². The Balaban J connectivity index is 1.68. The van der Waals surface area contributed by atoms with Gasteiger partial charge < -0.3 is 5.32 Å². The van der Waals surface area contributed by atoms with Crippen LogP contribution in [0, 0.1) is 6.92 Å². The molecular weight excluding hydrogens is 308 g/mol. The highest BCUT2D eigenvalue weighted by molar-refractivity contribution is 6.02. The van der Waals surface area contributed by atoms with Crippen LogP contribution in [0.15, 0.2) is 49.1 Å². The van der Waals surface area contributed by atoms with E-state index >= 15 is 0 Å². The maximum Gasteiger partial charge on any atom is 0.295 e. The fourth-order valence-electron chi connectivity index (χ4n) is 2.25. The van der Waals surface area contributed by atoms with Crippen LogP contribution < -0.4 is 5.32 Å². The van der Waals surface area contributed by atoms with Gasteiger partial charge in [0.2, 0.25) is 5.82 Å². The molecule has 0 bridgehead atoms. The molecule has 24 heavy (non-hydrogen) atoms. The largest absolute Gasteiger partial charge is 0.316 e. The first kappa shape index (κ1) is 14.0. The molecule has 4 aromatic heterocycles. The van der Waals surface area contributed by atoms with Crippen LogP contribution in [0.4, 0.5) is 5.69 Å². The third-order valence-electron chi connectivity index (χ3n) is 3.39. The lowest BCUT2D eigenvalue weighted by molar-refractivity contribution is 0.101. The van der Waals surface area contributed by atoms with Crippen molar-refractivity contribution in [3.63, 3.8) is 0 Å². The molecule has 0 aliphatic carbocycles. The second-order valence-electron chi connectivity index (χ2n) is 5.01. The zero-order valence-corrected chi connectivity index (χ0v) is 12.7. The van der Waals surface area contributed by atoms with Crippen LogP contribution in [0.25, 0.3) is 11.6 Å². The van der Waals surface area contributed by atoms with E-state index in [-0.39, 0.29) is 5.82 Å². The lowest BCUT2D eigenvalue weighted by atomic mass is 10.3. The molecule has 0 aliphatic rings. The number of hydrogen-bond acceptors (Lipinski definition) is 6. The SMILES string of the molecule is Cc1ccnc2nc(C(=O)Nc3cccnc3-n3cccn3)nn12. The van der Waals surface area contributed by atoms with E-state index in [1.807, 2.05) is 6.92 Å². The van der Waals surface area contributed by atoms with E-state index in [0.717, 1.165) is 5.69 Å². The monoisotopic (exact) mass is 320 g/mol. The van der Waals surface area contributed by atoms with Gasteiger partial charge in [-0.15, -0.1) is 5.10 Å². The Bertz CT molecular complexity index is 1020. The molecule has 0 fully saturated rings. The molecule has 9 heteroatoms. The fraction of sp³-hybridized carbons (Fsp3) is 0.0667. The molecule has 0 atom stereocenters. The van der Waals surface area contributed by atoms with Gasteiger partial charge in [-0.2, -0.15) is 10.1 Å². The van der Waals surface area contributed by atoms with Gasteiger partial charge in [-0.25, -0.2) is 19.2 Å². The van der Waals surface area contributed by atoms with Crippen molar-refractivity contribution < 1.29 is 4.79 Å². The maximum atomic E-state index is 12.5. The standard InChI is InChI=1S/C15H12N8O/c1-10-5-8-17-15-20-12(21-23(10)15)14(24)19-11-4-2-6-16-13(11)22-9-3-7-18-22/h2-9H,1H3,(H,19,24). The minimum atomic E-state index is -0.443. The fourth-order valence-corrected chi connectivity index (χ4v) is 2.25. The average Bonchev–Trinajstić information content (AvgIpc) is 3.25. The molecule has 4 rings (SSSR count). The molecule has 0 unspecified atom stereocenters. The Labute approximate surface area is 136 Å². The van der Waals surface area contributed by atoms with Crippen LogP contribution in [0.2, 0.25) is 0 Å². The number of aryl methyl sites for hydroxylation is 1. The molecule has 9 nitrogen and oxygen atoms in total. The van der Waals surface area contributed by atoms with Crippen molar-refractivity contribution >= 4 is 17.4 Å². The van der Waals surface area contributed by atoms with Gasteiger partial charge in [-0.3, -0.25) is 4.79 Å². The number of nitrogens with zero attached hydrogens (tertiary/aromatic N) is 7.